The second-order valence-corrected chi connectivity index (χ2v) is 24.2. The third kappa shape index (κ3) is 7.94. The zero-order chi connectivity index (χ0) is 41.5. The Labute approximate surface area is 353 Å². The van der Waals surface area contributed by atoms with E-state index in [1.807, 2.05) is 13.8 Å². The van der Waals surface area contributed by atoms with Crippen LogP contribution in [0.2, 0.25) is 0 Å². The Morgan fingerprint density at radius 3 is 1.12 bits per heavy atom. The number of ether oxygens (including phenoxy) is 2. The molecular weight excluding hydrogens is 757 g/mol. The lowest BCUT2D eigenvalue weighted by molar-refractivity contribution is -0.180. The van der Waals surface area contributed by atoms with Gasteiger partial charge in [0.15, 0.2) is 0 Å². The van der Waals surface area contributed by atoms with Crippen molar-refractivity contribution in [3.8, 4) is 5.75 Å². The highest BCUT2D eigenvalue weighted by Gasteiger charge is 2.51. The molecule has 3 nitrogen and oxygen atoms in total. The summed E-state index contributed by atoms with van der Waals surface area (Å²) in [6, 6.07) is 55.6. The Morgan fingerprint density at radius 1 is 0.475 bits per heavy atom. The van der Waals surface area contributed by atoms with E-state index >= 15 is 0 Å². The lowest BCUT2D eigenvalue weighted by atomic mass is 10.0. The van der Waals surface area contributed by atoms with Gasteiger partial charge in [-0.25, -0.2) is 4.98 Å². The van der Waals surface area contributed by atoms with Gasteiger partial charge in [-0.3, -0.25) is 0 Å². The molecule has 298 valence electrons. The van der Waals surface area contributed by atoms with Crippen LogP contribution in [0.5, 0.6) is 5.75 Å². The molecule has 0 saturated carbocycles. The summed E-state index contributed by atoms with van der Waals surface area (Å²) in [6.45, 7) is 19.9. The van der Waals surface area contributed by atoms with Crippen molar-refractivity contribution in [2.45, 2.75) is 87.0 Å². The molecule has 7 aromatic rings. The Kier molecular flexibility index (Phi) is 11.3. The van der Waals surface area contributed by atoms with E-state index in [0.29, 0.717) is 6.61 Å². The fourth-order valence-electron chi connectivity index (χ4n) is 9.07. The van der Waals surface area contributed by atoms with E-state index in [0.717, 1.165) is 35.0 Å². The van der Waals surface area contributed by atoms with Crippen molar-refractivity contribution in [1.29, 1.82) is 0 Å². The van der Waals surface area contributed by atoms with Crippen molar-refractivity contribution in [1.82, 2.24) is 4.98 Å². The molecule has 6 aromatic carbocycles. The standard InChI is InChI=1S/C54H57NO2P2/c1-37-16-10-22-44(28-37)58(45-23-11-17-38(2)29-45,46-24-12-18-39(3)30-46)35-51-50-34-56-54(8,9)57-53(50)43(7)55-52(51)36-59(47-25-13-19-40(4)31-47,48-26-14-20-41(5)32-48)49-27-15-21-42(6)33-49/h10-33H,34-36H2,1-9H3/q+2. The van der Waals surface area contributed by atoms with E-state index in [-0.39, 0.29) is 0 Å². The molecule has 2 heterocycles. The van der Waals surface area contributed by atoms with Gasteiger partial charge in [0, 0.05) is 25.0 Å². The molecule has 0 saturated heterocycles. The van der Waals surface area contributed by atoms with E-state index in [4.69, 9.17) is 14.5 Å². The number of pyridine rings is 1. The van der Waals surface area contributed by atoms with Gasteiger partial charge in [-0.05, 0) is 155 Å². The summed E-state index contributed by atoms with van der Waals surface area (Å²) < 4.78 is 13.4. The van der Waals surface area contributed by atoms with Crippen molar-refractivity contribution in [2.75, 3.05) is 0 Å². The van der Waals surface area contributed by atoms with Crippen LogP contribution in [0.3, 0.4) is 0 Å². The number of hydrogen-bond acceptors (Lipinski definition) is 3. The predicted octanol–water partition coefficient (Wildman–Crippen LogP) is 10.9. The van der Waals surface area contributed by atoms with E-state index < -0.39 is 20.3 Å². The minimum atomic E-state index is -2.42. The summed E-state index contributed by atoms with van der Waals surface area (Å²) in [4.78, 5) is 5.76. The van der Waals surface area contributed by atoms with Gasteiger partial charge in [-0.1, -0.05) is 72.8 Å². The normalized spacial score (nSPS) is 13.8. The largest absolute Gasteiger partial charge is 0.461 e. The monoisotopic (exact) mass is 813 g/mol. The van der Waals surface area contributed by atoms with Crippen LogP contribution in [0.1, 0.15) is 69.7 Å². The van der Waals surface area contributed by atoms with Crippen LogP contribution < -0.4 is 36.6 Å². The smallest absolute Gasteiger partial charge is 0.205 e. The van der Waals surface area contributed by atoms with Crippen molar-refractivity contribution < 1.29 is 9.47 Å². The Bertz CT molecular complexity index is 2460. The van der Waals surface area contributed by atoms with Crippen LogP contribution >= 0.6 is 14.5 Å². The number of hydrogen-bond donors (Lipinski definition) is 0. The highest BCUT2D eigenvalue weighted by molar-refractivity contribution is 7.95. The predicted molar refractivity (Wildman–Crippen MR) is 255 cm³/mol. The van der Waals surface area contributed by atoms with Crippen molar-refractivity contribution in [2.24, 2.45) is 0 Å². The second kappa shape index (κ2) is 16.3. The number of fused-ring (bicyclic) bond motifs is 1. The minimum absolute atomic E-state index is 0.453. The average Bonchev–Trinajstić information content (AvgIpc) is 3.20. The fraction of sp³-hybridized carbons (Fsp3) is 0.241. The van der Waals surface area contributed by atoms with Gasteiger partial charge in [-0.2, -0.15) is 0 Å². The number of aromatic nitrogens is 1. The van der Waals surface area contributed by atoms with Gasteiger partial charge < -0.3 is 9.47 Å². The van der Waals surface area contributed by atoms with E-state index in [9.17, 15) is 0 Å². The first-order valence-electron chi connectivity index (χ1n) is 20.8. The third-order valence-corrected chi connectivity index (χ3v) is 20.5. The quantitative estimate of drug-likeness (QED) is 0.129. The van der Waals surface area contributed by atoms with Crippen LogP contribution in [0, 0.1) is 48.5 Å². The first-order valence-corrected chi connectivity index (χ1v) is 24.8. The van der Waals surface area contributed by atoms with Gasteiger partial charge in [0.2, 0.25) is 5.79 Å². The molecule has 0 spiro atoms. The minimum Gasteiger partial charge on any atom is -0.461 e. The Balaban J connectivity index is 1.50. The number of aryl methyl sites for hydroxylation is 7. The highest BCUT2D eigenvalue weighted by Crippen LogP contribution is 2.63. The molecule has 0 radical (unpaired) electrons. The Hall–Kier alpha value is -4.91. The molecule has 5 heteroatoms. The zero-order valence-corrected chi connectivity index (χ0v) is 37.9. The molecule has 1 aliphatic rings. The lowest BCUT2D eigenvalue weighted by Gasteiger charge is -2.37. The zero-order valence-electron chi connectivity index (χ0n) is 36.1. The number of nitrogens with zero attached hydrogens (tertiary/aromatic N) is 1. The summed E-state index contributed by atoms with van der Waals surface area (Å²) in [6.07, 6.45) is 1.53. The van der Waals surface area contributed by atoms with E-state index in [1.165, 1.54) is 70.8 Å². The van der Waals surface area contributed by atoms with Crippen LogP contribution in [-0.4, -0.2) is 10.8 Å². The molecule has 1 aliphatic heterocycles. The summed E-state index contributed by atoms with van der Waals surface area (Å²) >= 11 is 0. The summed E-state index contributed by atoms with van der Waals surface area (Å²) in [5.41, 5.74) is 12.0. The van der Waals surface area contributed by atoms with Gasteiger partial charge in [0.1, 0.15) is 64.4 Å². The highest BCUT2D eigenvalue weighted by atomic mass is 31.2. The molecule has 8 rings (SSSR count). The lowest BCUT2D eigenvalue weighted by Crippen LogP contribution is -2.38. The van der Waals surface area contributed by atoms with Crippen LogP contribution in [-0.2, 0) is 23.7 Å². The van der Waals surface area contributed by atoms with Crippen LogP contribution in [0.25, 0.3) is 0 Å². The first kappa shape index (κ1) is 40.9. The van der Waals surface area contributed by atoms with Gasteiger partial charge in [0.05, 0.1) is 18.0 Å². The van der Waals surface area contributed by atoms with Crippen LogP contribution in [0.15, 0.2) is 146 Å². The summed E-state index contributed by atoms with van der Waals surface area (Å²) in [5.74, 6) is 0.0941. The molecule has 59 heavy (non-hydrogen) atoms. The molecule has 0 unspecified atom stereocenters. The van der Waals surface area contributed by atoms with E-state index in [1.54, 1.807) is 0 Å². The fourth-order valence-corrected chi connectivity index (χ4v) is 18.1. The summed E-state index contributed by atoms with van der Waals surface area (Å²) in [5, 5.41) is 8.19. The van der Waals surface area contributed by atoms with Gasteiger partial charge >= 0.3 is 0 Å². The molecule has 0 bridgehead atoms. The average molecular weight is 814 g/mol. The van der Waals surface area contributed by atoms with E-state index in [2.05, 4.69) is 194 Å². The van der Waals surface area contributed by atoms with Gasteiger partial charge in [0.25, 0.3) is 0 Å². The number of benzene rings is 6. The van der Waals surface area contributed by atoms with Crippen molar-refractivity contribution in [3.05, 3.63) is 201 Å². The molecule has 0 fully saturated rings. The molecular formula is C54H57NO2P2+2. The van der Waals surface area contributed by atoms with Crippen LogP contribution in [0.4, 0.5) is 0 Å². The first-order chi connectivity index (χ1) is 28.3. The molecule has 1 aromatic heterocycles. The second-order valence-electron chi connectivity index (χ2n) is 17.2. The maximum absolute atomic E-state index is 6.80. The molecule has 0 aliphatic carbocycles. The maximum Gasteiger partial charge on any atom is 0.205 e. The third-order valence-electron chi connectivity index (χ3n) is 12.0. The van der Waals surface area contributed by atoms with Gasteiger partial charge in [-0.15, -0.1) is 0 Å². The molecule has 0 N–H and O–H groups in total. The number of rotatable bonds is 10. The molecule has 0 atom stereocenters. The topological polar surface area (TPSA) is 31.4 Å². The SMILES string of the molecule is Cc1cccc([P+](Cc2nc(C)c3c(c2C[P+](c2cccc(C)c2)(c2cccc(C)c2)c2cccc(C)c2)COC(C)(C)O3)(c2cccc(C)c2)c2cccc(C)c2)c1. The van der Waals surface area contributed by atoms with Crippen molar-refractivity contribution in [3.63, 3.8) is 0 Å². The summed E-state index contributed by atoms with van der Waals surface area (Å²) in [7, 11) is -4.82. The van der Waals surface area contributed by atoms with Crippen molar-refractivity contribution >= 4 is 46.4 Å². The maximum atomic E-state index is 6.80. The Morgan fingerprint density at radius 2 is 0.797 bits per heavy atom. The molecule has 0 amide bonds.